The van der Waals surface area contributed by atoms with Crippen molar-refractivity contribution in [2.45, 2.75) is 0 Å². The average molecular weight is 386 g/mol. The predicted octanol–water partition coefficient (Wildman–Crippen LogP) is 2.79. The van der Waals surface area contributed by atoms with Crippen molar-refractivity contribution in [3.63, 3.8) is 0 Å². The maximum absolute atomic E-state index is 12.6. The average Bonchev–Trinajstić information content (AvgIpc) is 3.00. The number of fused-ring (bicyclic) bond motifs is 1. The van der Waals surface area contributed by atoms with Gasteiger partial charge in [0.05, 0.1) is 26.9 Å². The topological polar surface area (TPSA) is 101 Å². The van der Waals surface area contributed by atoms with Gasteiger partial charge in [-0.3, -0.25) is 4.79 Å². The number of carboxylic acid groups (broad SMARTS) is 1. The summed E-state index contributed by atoms with van der Waals surface area (Å²) in [5.74, 6) is 0.547. The summed E-state index contributed by atoms with van der Waals surface area (Å²) in [5.41, 5.74) is 0.923. The maximum atomic E-state index is 12.6. The van der Waals surface area contributed by atoms with Crippen LogP contribution in [-0.4, -0.2) is 44.8 Å². The lowest BCUT2D eigenvalue weighted by atomic mass is 10.1. The van der Waals surface area contributed by atoms with Crippen LogP contribution in [0.3, 0.4) is 0 Å². The molecule has 0 fully saturated rings. The first-order valence-corrected chi connectivity index (χ1v) is 8.20. The lowest BCUT2D eigenvalue weighted by Gasteiger charge is -2.14. The zero-order valence-electron chi connectivity index (χ0n) is 15.5. The Morgan fingerprint density at radius 3 is 2.46 bits per heavy atom. The third-order valence-corrected chi connectivity index (χ3v) is 4.02. The number of ether oxygens (including phenoxy) is 5. The number of carbonyl (C=O) groups excluding carboxylic acids is 1. The third-order valence-electron chi connectivity index (χ3n) is 4.02. The Kier molecular flexibility index (Phi) is 5.39. The van der Waals surface area contributed by atoms with Crippen molar-refractivity contribution < 1.29 is 38.4 Å². The molecule has 1 aliphatic rings. The number of hydrogen-bond donors (Lipinski definition) is 1. The number of rotatable bonds is 7. The second-order valence-corrected chi connectivity index (χ2v) is 5.70. The summed E-state index contributed by atoms with van der Waals surface area (Å²) in [6.07, 6.45) is 1.54. The number of aliphatic carboxylic acids is 1. The van der Waals surface area contributed by atoms with Gasteiger partial charge in [0.1, 0.15) is 11.5 Å². The molecule has 0 unspecified atom stereocenters. The highest BCUT2D eigenvalue weighted by Crippen LogP contribution is 2.42. The maximum Gasteiger partial charge on any atom is 0.341 e. The molecule has 146 valence electrons. The van der Waals surface area contributed by atoms with Gasteiger partial charge in [0.15, 0.2) is 23.9 Å². The lowest BCUT2D eigenvalue weighted by molar-refractivity contribution is -0.139. The number of carboxylic acids is 1. The number of allylic oxidation sites excluding steroid dienone is 1. The summed E-state index contributed by atoms with van der Waals surface area (Å²) < 4.78 is 26.8. The largest absolute Gasteiger partial charge is 0.493 e. The van der Waals surface area contributed by atoms with Gasteiger partial charge in [0.2, 0.25) is 11.5 Å². The highest BCUT2D eigenvalue weighted by Gasteiger charge is 2.28. The number of benzene rings is 2. The van der Waals surface area contributed by atoms with E-state index in [9.17, 15) is 9.59 Å². The molecule has 8 heteroatoms. The highest BCUT2D eigenvalue weighted by molar-refractivity contribution is 6.14. The van der Waals surface area contributed by atoms with Gasteiger partial charge in [-0.15, -0.1) is 0 Å². The van der Waals surface area contributed by atoms with E-state index < -0.39 is 12.6 Å². The van der Waals surface area contributed by atoms with Crippen LogP contribution in [0.25, 0.3) is 6.08 Å². The molecule has 1 heterocycles. The first-order chi connectivity index (χ1) is 13.5. The van der Waals surface area contributed by atoms with Gasteiger partial charge in [-0.05, 0) is 30.3 Å². The van der Waals surface area contributed by atoms with Crippen molar-refractivity contribution in [3.05, 3.63) is 47.2 Å². The summed E-state index contributed by atoms with van der Waals surface area (Å²) in [6.45, 7) is -0.488. The molecule has 0 atom stereocenters. The normalized spacial score (nSPS) is 13.7. The van der Waals surface area contributed by atoms with Crippen LogP contribution in [0.4, 0.5) is 0 Å². The summed E-state index contributed by atoms with van der Waals surface area (Å²) in [5, 5.41) is 8.70. The smallest absolute Gasteiger partial charge is 0.341 e. The van der Waals surface area contributed by atoms with Crippen LogP contribution in [0.5, 0.6) is 28.7 Å². The molecule has 28 heavy (non-hydrogen) atoms. The molecule has 2 aromatic rings. The van der Waals surface area contributed by atoms with E-state index in [1.54, 1.807) is 18.2 Å². The minimum absolute atomic E-state index is 0.0934. The number of hydrogen-bond acceptors (Lipinski definition) is 7. The molecule has 0 spiro atoms. The zero-order chi connectivity index (χ0) is 20.3. The van der Waals surface area contributed by atoms with Gasteiger partial charge < -0.3 is 28.8 Å². The van der Waals surface area contributed by atoms with Crippen LogP contribution in [-0.2, 0) is 4.79 Å². The molecule has 3 rings (SSSR count). The Labute approximate surface area is 160 Å². The summed E-state index contributed by atoms with van der Waals surface area (Å²) >= 11 is 0. The summed E-state index contributed by atoms with van der Waals surface area (Å²) in [4.78, 5) is 23.3. The molecule has 8 nitrogen and oxygen atoms in total. The van der Waals surface area contributed by atoms with Gasteiger partial charge in [-0.25, -0.2) is 4.79 Å². The van der Waals surface area contributed by atoms with Crippen molar-refractivity contribution in [1.82, 2.24) is 0 Å². The van der Waals surface area contributed by atoms with E-state index in [4.69, 9.17) is 28.8 Å². The lowest BCUT2D eigenvalue weighted by Crippen LogP contribution is -2.09. The first-order valence-electron chi connectivity index (χ1n) is 8.20. The van der Waals surface area contributed by atoms with E-state index in [0.717, 1.165) is 0 Å². The summed E-state index contributed by atoms with van der Waals surface area (Å²) in [7, 11) is 4.49. The fourth-order valence-corrected chi connectivity index (χ4v) is 2.78. The Hall–Kier alpha value is -3.68. The Morgan fingerprint density at radius 2 is 1.82 bits per heavy atom. The standard InChI is InChI=1S/C20H18O8/c1-24-14-7-4-11(19(25-2)20(14)26-3)8-16-18(23)13-6-5-12(9-15(13)28-16)27-10-17(21)22/h4-9H,10H2,1-3H3,(H,21,22). The number of carbonyl (C=O) groups is 2. The van der Waals surface area contributed by atoms with E-state index in [0.29, 0.717) is 39.9 Å². The second-order valence-electron chi connectivity index (χ2n) is 5.70. The van der Waals surface area contributed by atoms with Crippen LogP contribution < -0.4 is 23.7 Å². The molecule has 0 aromatic heterocycles. The van der Waals surface area contributed by atoms with Crippen LogP contribution in [0, 0.1) is 0 Å². The van der Waals surface area contributed by atoms with Crippen molar-refractivity contribution in [2.24, 2.45) is 0 Å². The molecule has 1 aliphatic heterocycles. The van der Waals surface area contributed by atoms with Crippen molar-refractivity contribution in [2.75, 3.05) is 27.9 Å². The molecule has 0 radical (unpaired) electrons. The molecule has 0 amide bonds. The van der Waals surface area contributed by atoms with Gasteiger partial charge in [-0.1, -0.05) is 0 Å². The molecule has 2 aromatic carbocycles. The molecule has 1 N–H and O–H groups in total. The number of Topliss-reactive ketones (excluding diaryl/α,β-unsaturated/α-hetero) is 1. The van der Waals surface area contributed by atoms with E-state index >= 15 is 0 Å². The minimum Gasteiger partial charge on any atom is -0.493 e. The second kappa shape index (κ2) is 7.91. The van der Waals surface area contributed by atoms with Gasteiger partial charge in [-0.2, -0.15) is 0 Å². The van der Waals surface area contributed by atoms with Gasteiger partial charge >= 0.3 is 5.97 Å². The van der Waals surface area contributed by atoms with E-state index in [1.807, 2.05) is 0 Å². The van der Waals surface area contributed by atoms with Gasteiger partial charge in [0, 0.05) is 11.6 Å². The van der Waals surface area contributed by atoms with E-state index in [2.05, 4.69) is 0 Å². The highest BCUT2D eigenvalue weighted by atomic mass is 16.5. The van der Waals surface area contributed by atoms with Crippen LogP contribution in [0.1, 0.15) is 15.9 Å². The van der Waals surface area contributed by atoms with Crippen LogP contribution in [0.15, 0.2) is 36.1 Å². The Balaban J connectivity index is 1.93. The molecular weight excluding hydrogens is 368 g/mol. The molecule has 0 aliphatic carbocycles. The van der Waals surface area contributed by atoms with Crippen molar-refractivity contribution in [1.29, 1.82) is 0 Å². The summed E-state index contributed by atoms with van der Waals surface area (Å²) in [6, 6.07) is 7.93. The van der Waals surface area contributed by atoms with E-state index in [1.165, 1.54) is 39.5 Å². The van der Waals surface area contributed by atoms with Gasteiger partial charge in [0.25, 0.3) is 0 Å². The third kappa shape index (κ3) is 3.57. The predicted molar refractivity (Wildman–Crippen MR) is 98.6 cm³/mol. The number of ketones is 1. The van der Waals surface area contributed by atoms with Crippen molar-refractivity contribution in [3.8, 4) is 28.7 Å². The number of methoxy groups -OCH3 is 3. The van der Waals surface area contributed by atoms with Crippen LogP contribution >= 0.6 is 0 Å². The fraction of sp³-hybridized carbons (Fsp3) is 0.200. The SMILES string of the molecule is COc1ccc(C=C2Oc3cc(OCC(=O)O)ccc3C2=O)c(OC)c1OC. The first kappa shape index (κ1) is 19.1. The fourth-order valence-electron chi connectivity index (χ4n) is 2.78. The molecule has 0 bridgehead atoms. The minimum atomic E-state index is -1.10. The molecule has 0 saturated carbocycles. The molecular formula is C20H18O8. The zero-order valence-corrected chi connectivity index (χ0v) is 15.5. The van der Waals surface area contributed by atoms with E-state index in [-0.39, 0.29) is 11.5 Å². The Morgan fingerprint density at radius 1 is 1.07 bits per heavy atom. The quantitative estimate of drug-likeness (QED) is 0.725. The monoisotopic (exact) mass is 386 g/mol. The Bertz CT molecular complexity index is 961. The van der Waals surface area contributed by atoms with Crippen LogP contribution in [0.2, 0.25) is 0 Å². The van der Waals surface area contributed by atoms with Crippen molar-refractivity contribution >= 4 is 17.8 Å². The molecule has 0 saturated heterocycles.